The topological polar surface area (TPSA) is 71.0 Å². The number of hydrogen-bond acceptors (Lipinski definition) is 5. The predicted molar refractivity (Wildman–Crippen MR) is 71.7 cm³/mol. The highest BCUT2D eigenvalue weighted by atomic mass is 16.5. The lowest BCUT2D eigenvalue weighted by Gasteiger charge is -2.18. The molecule has 0 heterocycles. The van der Waals surface area contributed by atoms with E-state index in [-0.39, 0.29) is 12.7 Å². The van der Waals surface area contributed by atoms with Crippen LogP contribution in [0.25, 0.3) is 0 Å². The van der Waals surface area contributed by atoms with E-state index < -0.39 is 6.10 Å². The molecule has 18 heavy (non-hydrogen) atoms. The van der Waals surface area contributed by atoms with Crippen LogP contribution in [0.5, 0.6) is 0 Å². The molecule has 0 spiro atoms. The molecule has 0 saturated heterocycles. The Morgan fingerprint density at radius 1 is 1.17 bits per heavy atom. The van der Waals surface area contributed by atoms with Crippen molar-refractivity contribution in [2.75, 3.05) is 39.5 Å². The van der Waals surface area contributed by atoms with E-state index in [0.717, 1.165) is 6.42 Å². The number of nitrogens with one attached hydrogen (secondary N) is 1. The van der Waals surface area contributed by atoms with Crippen LogP contribution in [0.15, 0.2) is 0 Å². The third-order valence-corrected chi connectivity index (χ3v) is 2.42. The van der Waals surface area contributed by atoms with Gasteiger partial charge in [-0.1, -0.05) is 13.8 Å². The molecule has 0 radical (unpaired) electrons. The molecular formula is C13H29NO4. The van der Waals surface area contributed by atoms with Crippen molar-refractivity contribution in [2.45, 2.75) is 39.4 Å². The number of rotatable bonds is 12. The Kier molecular flexibility index (Phi) is 11.7. The zero-order valence-corrected chi connectivity index (χ0v) is 11.9. The summed E-state index contributed by atoms with van der Waals surface area (Å²) in [5.41, 5.74) is 0. The van der Waals surface area contributed by atoms with E-state index in [1.807, 2.05) is 6.92 Å². The van der Waals surface area contributed by atoms with Gasteiger partial charge in [0.15, 0.2) is 0 Å². The molecule has 0 aromatic carbocycles. The molecule has 110 valence electrons. The first-order chi connectivity index (χ1) is 8.56. The van der Waals surface area contributed by atoms with Crippen LogP contribution in [-0.2, 0) is 9.47 Å². The highest BCUT2D eigenvalue weighted by Gasteiger charge is 2.09. The summed E-state index contributed by atoms with van der Waals surface area (Å²) in [5.74, 6) is 0.610. The molecule has 5 nitrogen and oxygen atoms in total. The summed E-state index contributed by atoms with van der Waals surface area (Å²) in [6.07, 6.45) is 0.708. The molecule has 0 saturated carbocycles. The third kappa shape index (κ3) is 12.3. The minimum absolute atomic E-state index is 0.0458. The van der Waals surface area contributed by atoms with Gasteiger partial charge >= 0.3 is 0 Å². The Hall–Kier alpha value is -0.200. The molecule has 0 amide bonds. The fraction of sp³-hybridized carbons (Fsp3) is 1.00. The molecule has 0 aliphatic rings. The van der Waals surface area contributed by atoms with Crippen molar-refractivity contribution in [3.05, 3.63) is 0 Å². The van der Waals surface area contributed by atoms with Crippen LogP contribution in [0.1, 0.15) is 27.2 Å². The van der Waals surface area contributed by atoms with Crippen molar-refractivity contribution >= 4 is 0 Å². The SMILES string of the molecule is CC(C)C[C@@H](C)OC[C@@H](O)CNCCOCCO. The van der Waals surface area contributed by atoms with Gasteiger partial charge in [0.05, 0.1) is 38.6 Å². The normalized spacial score (nSPS) is 15.0. The number of ether oxygens (including phenoxy) is 2. The summed E-state index contributed by atoms with van der Waals surface area (Å²) in [4.78, 5) is 0. The molecule has 0 rings (SSSR count). The van der Waals surface area contributed by atoms with Gasteiger partial charge in [-0.3, -0.25) is 0 Å². The lowest BCUT2D eigenvalue weighted by Crippen LogP contribution is -2.33. The smallest absolute Gasteiger partial charge is 0.0897 e. The van der Waals surface area contributed by atoms with Crippen LogP contribution >= 0.6 is 0 Å². The first kappa shape index (κ1) is 17.8. The molecule has 5 heteroatoms. The van der Waals surface area contributed by atoms with Gasteiger partial charge in [0, 0.05) is 13.1 Å². The van der Waals surface area contributed by atoms with Crippen molar-refractivity contribution in [2.24, 2.45) is 5.92 Å². The number of aliphatic hydroxyl groups is 2. The van der Waals surface area contributed by atoms with Gasteiger partial charge in [0.2, 0.25) is 0 Å². The maximum absolute atomic E-state index is 9.67. The van der Waals surface area contributed by atoms with Crippen LogP contribution in [0.2, 0.25) is 0 Å². The first-order valence-corrected chi connectivity index (χ1v) is 6.75. The van der Waals surface area contributed by atoms with Gasteiger partial charge in [-0.25, -0.2) is 0 Å². The lowest BCUT2D eigenvalue weighted by molar-refractivity contribution is -0.00908. The standard InChI is InChI=1S/C13H29NO4/c1-11(2)8-12(3)18-10-13(16)9-14-4-6-17-7-5-15/h11-16H,4-10H2,1-3H3/t12-,13+/m1/s1. The molecule has 3 N–H and O–H groups in total. The summed E-state index contributed by atoms with van der Waals surface area (Å²) in [6, 6.07) is 0. The van der Waals surface area contributed by atoms with Crippen LogP contribution in [0.3, 0.4) is 0 Å². The van der Waals surface area contributed by atoms with Gasteiger partial charge in [0.1, 0.15) is 0 Å². The van der Waals surface area contributed by atoms with Crippen molar-refractivity contribution in [1.82, 2.24) is 5.32 Å². The van der Waals surface area contributed by atoms with E-state index in [1.54, 1.807) is 0 Å². The number of hydrogen-bond donors (Lipinski definition) is 3. The van der Waals surface area contributed by atoms with Crippen LogP contribution in [0.4, 0.5) is 0 Å². The predicted octanol–water partition coefficient (Wildman–Crippen LogP) is 0.397. The van der Waals surface area contributed by atoms with Crippen molar-refractivity contribution in [1.29, 1.82) is 0 Å². The lowest BCUT2D eigenvalue weighted by atomic mass is 10.1. The highest BCUT2D eigenvalue weighted by molar-refractivity contribution is 4.61. The molecular weight excluding hydrogens is 234 g/mol. The summed E-state index contributed by atoms with van der Waals surface area (Å²) in [7, 11) is 0. The summed E-state index contributed by atoms with van der Waals surface area (Å²) >= 11 is 0. The Morgan fingerprint density at radius 2 is 1.89 bits per heavy atom. The van der Waals surface area contributed by atoms with Crippen molar-refractivity contribution < 1.29 is 19.7 Å². The van der Waals surface area contributed by atoms with E-state index in [1.165, 1.54) is 0 Å². The van der Waals surface area contributed by atoms with E-state index in [0.29, 0.717) is 38.8 Å². The molecule has 0 fully saturated rings. The largest absolute Gasteiger partial charge is 0.394 e. The van der Waals surface area contributed by atoms with E-state index in [2.05, 4.69) is 19.2 Å². The zero-order chi connectivity index (χ0) is 13.8. The summed E-state index contributed by atoms with van der Waals surface area (Å²) in [5, 5.41) is 21.2. The Morgan fingerprint density at radius 3 is 2.50 bits per heavy atom. The summed E-state index contributed by atoms with van der Waals surface area (Å²) < 4.78 is 10.6. The molecule has 0 aliphatic heterocycles. The van der Waals surface area contributed by atoms with Gasteiger partial charge in [-0.15, -0.1) is 0 Å². The second kappa shape index (κ2) is 11.9. The Bertz CT molecular complexity index is 178. The van der Waals surface area contributed by atoms with Crippen molar-refractivity contribution in [3.63, 3.8) is 0 Å². The monoisotopic (exact) mass is 263 g/mol. The third-order valence-electron chi connectivity index (χ3n) is 2.42. The highest BCUT2D eigenvalue weighted by Crippen LogP contribution is 2.07. The fourth-order valence-electron chi connectivity index (χ4n) is 1.65. The van der Waals surface area contributed by atoms with Gasteiger partial charge in [-0.2, -0.15) is 0 Å². The zero-order valence-electron chi connectivity index (χ0n) is 11.9. The first-order valence-electron chi connectivity index (χ1n) is 6.75. The van der Waals surface area contributed by atoms with Crippen LogP contribution in [0, 0.1) is 5.92 Å². The number of aliphatic hydroxyl groups excluding tert-OH is 2. The fourth-order valence-corrected chi connectivity index (χ4v) is 1.65. The summed E-state index contributed by atoms with van der Waals surface area (Å²) in [6.45, 7) is 8.81. The molecule has 0 aromatic rings. The maximum Gasteiger partial charge on any atom is 0.0897 e. The molecule has 0 unspecified atom stereocenters. The van der Waals surface area contributed by atoms with E-state index in [4.69, 9.17) is 14.6 Å². The van der Waals surface area contributed by atoms with Gasteiger partial charge in [0.25, 0.3) is 0 Å². The van der Waals surface area contributed by atoms with Crippen LogP contribution < -0.4 is 5.32 Å². The second-order valence-corrected chi connectivity index (χ2v) is 4.97. The van der Waals surface area contributed by atoms with Gasteiger partial charge in [-0.05, 0) is 19.3 Å². The molecule has 0 bridgehead atoms. The minimum Gasteiger partial charge on any atom is -0.394 e. The van der Waals surface area contributed by atoms with E-state index in [9.17, 15) is 5.11 Å². The molecule has 0 aromatic heterocycles. The van der Waals surface area contributed by atoms with E-state index >= 15 is 0 Å². The average molecular weight is 263 g/mol. The van der Waals surface area contributed by atoms with Crippen LogP contribution in [-0.4, -0.2) is 61.9 Å². The van der Waals surface area contributed by atoms with Gasteiger partial charge < -0.3 is 25.0 Å². The molecule has 0 aliphatic carbocycles. The second-order valence-electron chi connectivity index (χ2n) is 4.97. The quantitative estimate of drug-likeness (QED) is 0.445. The Balaban J connectivity index is 3.34. The minimum atomic E-state index is -0.488. The molecule has 2 atom stereocenters. The Labute approximate surface area is 110 Å². The maximum atomic E-state index is 9.67. The average Bonchev–Trinajstić information content (AvgIpc) is 2.30. The van der Waals surface area contributed by atoms with Crippen molar-refractivity contribution in [3.8, 4) is 0 Å².